The number of rotatable bonds is 7. The van der Waals surface area contributed by atoms with Gasteiger partial charge in [-0.1, -0.05) is 171 Å². The first-order valence-electron chi connectivity index (χ1n) is 17.9. The van der Waals surface area contributed by atoms with Crippen LogP contribution < -0.4 is 11.3 Å². The van der Waals surface area contributed by atoms with Gasteiger partial charge in [0.25, 0.3) is 0 Å². The summed E-state index contributed by atoms with van der Waals surface area (Å²) in [5.41, 5.74) is 16.2. The van der Waals surface area contributed by atoms with Crippen molar-refractivity contribution in [3.8, 4) is 33.4 Å². The molecule has 0 aliphatic heterocycles. The molecule has 3 aliphatic rings. The highest BCUT2D eigenvalue weighted by Crippen LogP contribution is 2.60. The minimum absolute atomic E-state index is 0.484. The van der Waals surface area contributed by atoms with E-state index in [1.54, 1.807) is 0 Å². The van der Waals surface area contributed by atoms with Gasteiger partial charge in [-0.3, -0.25) is 5.84 Å². The number of allylic oxidation sites excluding steroid dienone is 15. The van der Waals surface area contributed by atoms with Crippen molar-refractivity contribution >= 4 is 10.8 Å². The van der Waals surface area contributed by atoms with Gasteiger partial charge in [0.2, 0.25) is 0 Å². The second kappa shape index (κ2) is 13.6. The molecule has 8 rings (SSSR count). The van der Waals surface area contributed by atoms with E-state index in [9.17, 15) is 0 Å². The highest BCUT2D eigenvalue weighted by Gasteiger charge is 2.48. The molecule has 252 valence electrons. The summed E-state index contributed by atoms with van der Waals surface area (Å²) in [5, 5.41) is 2.48. The average molecular weight is 671 g/mol. The third kappa shape index (κ3) is 5.36. The molecular formula is C50H42N2. The summed E-state index contributed by atoms with van der Waals surface area (Å²) < 4.78 is 0. The van der Waals surface area contributed by atoms with Gasteiger partial charge in [0.15, 0.2) is 0 Å². The van der Waals surface area contributed by atoms with Gasteiger partial charge in [-0.15, -0.1) is 0 Å². The molecule has 1 spiro atoms. The van der Waals surface area contributed by atoms with Crippen molar-refractivity contribution in [3.63, 3.8) is 0 Å². The summed E-state index contributed by atoms with van der Waals surface area (Å²) in [6.45, 7) is 8.44. The Kier molecular flexibility index (Phi) is 8.64. The first-order chi connectivity index (χ1) is 25.5. The molecule has 2 heteroatoms. The first-order valence-corrected chi connectivity index (χ1v) is 17.9. The Labute approximate surface area is 307 Å². The van der Waals surface area contributed by atoms with Gasteiger partial charge in [0, 0.05) is 0 Å². The number of hydrogen-bond acceptors (Lipinski definition) is 2. The SMILES string of the molecule is C=C(/C=C\C=C/C)C(C)(NN)c1cccc(-c2cccc(-c3cccc4c3-c3cc5ccccc5cc3C43C4=C\C=C/C=C\C3=C\C=C/C=C\4)c2)c1. The van der Waals surface area contributed by atoms with E-state index in [-0.39, 0.29) is 0 Å². The fourth-order valence-corrected chi connectivity index (χ4v) is 8.15. The quantitative estimate of drug-likeness (QED) is 0.103. The van der Waals surface area contributed by atoms with Crippen molar-refractivity contribution in [1.82, 2.24) is 5.43 Å². The molecule has 5 aromatic rings. The van der Waals surface area contributed by atoms with Crippen LogP contribution in [0.15, 0.2) is 211 Å². The molecule has 0 radical (unpaired) electrons. The largest absolute Gasteiger partial charge is 0.270 e. The molecule has 2 bridgehead atoms. The fraction of sp³-hybridized carbons (Fsp3) is 0.0800. The molecule has 1 atom stereocenters. The van der Waals surface area contributed by atoms with E-state index >= 15 is 0 Å². The Hall–Kier alpha value is -6.06. The molecule has 0 saturated heterocycles. The third-order valence-corrected chi connectivity index (χ3v) is 10.9. The predicted molar refractivity (Wildman–Crippen MR) is 222 cm³/mol. The van der Waals surface area contributed by atoms with Crippen molar-refractivity contribution < 1.29 is 0 Å². The predicted octanol–water partition coefficient (Wildman–Crippen LogP) is 11.9. The van der Waals surface area contributed by atoms with Gasteiger partial charge in [0.1, 0.15) is 0 Å². The summed E-state index contributed by atoms with van der Waals surface area (Å²) >= 11 is 0. The van der Waals surface area contributed by atoms with E-state index in [4.69, 9.17) is 5.84 Å². The summed E-state index contributed by atoms with van der Waals surface area (Å²) in [5.74, 6) is 6.20. The van der Waals surface area contributed by atoms with Crippen LogP contribution in [0.25, 0.3) is 44.2 Å². The van der Waals surface area contributed by atoms with Crippen LogP contribution in [0.1, 0.15) is 30.5 Å². The lowest BCUT2D eigenvalue weighted by Gasteiger charge is -2.36. The summed E-state index contributed by atoms with van der Waals surface area (Å²) in [6, 6.07) is 38.0. The summed E-state index contributed by atoms with van der Waals surface area (Å²) in [7, 11) is 0. The molecule has 0 saturated carbocycles. The number of nitrogens with two attached hydrogens (primary N) is 1. The lowest BCUT2D eigenvalue weighted by atomic mass is 9.65. The van der Waals surface area contributed by atoms with Gasteiger partial charge in [-0.05, 0) is 116 Å². The van der Waals surface area contributed by atoms with E-state index in [1.165, 1.54) is 55.3 Å². The zero-order valence-corrected chi connectivity index (χ0v) is 29.7. The molecule has 3 aliphatic carbocycles. The minimum atomic E-state index is -0.642. The Balaban J connectivity index is 1.33. The molecule has 3 N–H and O–H groups in total. The maximum Gasteiger partial charge on any atom is 0.0785 e. The lowest BCUT2D eigenvalue weighted by molar-refractivity contribution is 0.452. The van der Waals surface area contributed by atoms with Crippen LogP contribution in [0.2, 0.25) is 0 Å². The molecule has 5 aromatic carbocycles. The van der Waals surface area contributed by atoms with Crippen LogP contribution in [0.3, 0.4) is 0 Å². The van der Waals surface area contributed by atoms with Crippen LogP contribution >= 0.6 is 0 Å². The number of hydrazine groups is 1. The van der Waals surface area contributed by atoms with Crippen molar-refractivity contribution in [3.05, 3.63) is 228 Å². The second-order valence-electron chi connectivity index (χ2n) is 13.8. The summed E-state index contributed by atoms with van der Waals surface area (Å²) in [6.07, 6.45) is 30.1. The van der Waals surface area contributed by atoms with Gasteiger partial charge in [-0.25, -0.2) is 5.43 Å². The van der Waals surface area contributed by atoms with Crippen molar-refractivity contribution in [2.45, 2.75) is 24.8 Å². The molecular weight excluding hydrogens is 629 g/mol. The van der Waals surface area contributed by atoms with Crippen LogP contribution in [0.5, 0.6) is 0 Å². The van der Waals surface area contributed by atoms with Gasteiger partial charge in [0.05, 0.1) is 11.0 Å². The van der Waals surface area contributed by atoms with Crippen molar-refractivity contribution in [2.24, 2.45) is 5.84 Å². The average Bonchev–Trinajstić information content (AvgIpc) is 3.46. The van der Waals surface area contributed by atoms with E-state index in [1.807, 2.05) is 31.2 Å². The van der Waals surface area contributed by atoms with Gasteiger partial charge >= 0.3 is 0 Å². The normalized spacial score (nSPS) is 22.9. The highest BCUT2D eigenvalue weighted by atomic mass is 15.3. The molecule has 2 nitrogen and oxygen atoms in total. The fourth-order valence-electron chi connectivity index (χ4n) is 8.15. The molecule has 0 aromatic heterocycles. The maximum atomic E-state index is 6.20. The topological polar surface area (TPSA) is 38.0 Å². The zero-order valence-electron chi connectivity index (χ0n) is 29.7. The molecule has 1 unspecified atom stereocenters. The summed E-state index contributed by atoms with van der Waals surface area (Å²) in [4.78, 5) is 0. The monoisotopic (exact) mass is 670 g/mol. The highest BCUT2D eigenvalue weighted by molar-refractivity contribution is 6.01. The standard InChI is InChI=1S/C50H42N2/c1-4-5-8-18-35(2)49(3,52-51)43-28-16-22-37(32-43)36-21-15-23-40(31-36)44-29-17-30-46-48(44)45-33-38-19-13-14-20-39(38)34-47(45)50(46)41-24-9-6-10-25-42(50)27-12-7-11-26-41/h4-34,52H,2,51H2,1,3H3/b5-4-,9-6-,10-6?,11-7?,12-7-,18-8-,24-9?,25-10-,26-11-,27-12?,41-24-,41-26?,42-25?,42-27-. The van der Waals surface area contributed by atoms with Crippen LogP contribution in [0.4, 0.5) is 0 Å². The van der Waals surface area contributed by atoms with Crippen LogP contribution in [0, 0.1) is 0 Å². The number of benzene rings is 5. The molecule has 0 heterocycles. The van der Waals surface area contributed by atoms with E-state index < -0.39 is 11.0 Å². The van der Waals surface area contributed by atoms with Gasteiger partial charge < -0.3 is 0 Å². The Morgan fingerprint density at radius 3 is 2.02 bits per heavy atom. The number of hydrogen-bond donors (Lipinski definition) is 2. The second-order valence-corrected chi connectivity index (χ2v) is 13.8. The van der Waals surface area contributed by atoms with Gasteiger partial charge in [-0.2, -0.15) is 0 Å². The van der Waals surface area contributed by atoms with E-state index in [2.05, 4.69) is 183 Å². The molecule has 0 amide bonds. The smallest absolute Gasteiger partial charge is 0.0785 e. The Morgan fingerprint density at radius 1 is 0.654 bits per heavy atom. The van der Waals surface area contributed by atoms with Crippen molar-refractivity contribution in [2.75, 3.05) is 0 Å². The number of fused-ring (bicyclic) bond motifs is 4. The molecule has 52 heavy (non-hydrogen) atoms. The Morgan fingerprint density at radius 2 is 1.31 bits per heavy atom. The van der Waals surface area contributed by atoms with Crippen LogP contribution in [-0.4, -0.2) is 0 Å². The lowest BCUT2D eigenvalue weighted by Crippen LogP contribution is -2.45. The van der Waals surface area contributed by atoms with Crippen LogP contribution in [-0.2, 0) is 11.0 Å². The number of nitrogens with one attached hydrogen (secondary N) is 1. The maximum absolute atomic E-state index is 6.20. The molecule has 0 fully saturated rings. The zero-order chi connectivity index (χ0) is 35.7. The minimum Gasteiger partial charge on any atom is -0.270 e. The van der Waals surface area contributed by atoms with Crippen molar-refractivity contribution in [1.29, 1.82) is 0 Å². The van der Waals surface area contributed by atoms with E-state index in [0.29, 0.717) is 0 Å². The van der Waals surface area contributed by atoms with E-state index in [0.717, 1.165) is 22.3 Å². The third-order valence-electron chi connectivity index (χ3n) is 10.9. The Bertz CT molecular complexity index is 2450. The first kappa shape index (κ1) is 33.1.